The molecule has 0 bridgehead atoms. The van der Waals surface area contributed by atoms with E-state index in [4.69, 9.17) is 5.73 Å². The highest BCUT2D eigenvalue weighted by Gasteiger charge is 2.53. The second-order valence-electron chi connectivity index (χ2n) is 9.67. The minimum Gasteiger partial charge on any atom is -0.368 e. The number of carbonyl (C=O) groups excluding carboxylic acids is 1. The summed E-state index contributed by atoms with van der Waals surface area (Å²) >= 11 is 0. The molecule has 0 saturated carbocycles. The van der Waals surface area contributed by atoms with E-state index in [1.165, 1.54) is 48.5 Å². The zero-order chi connectivity index (χ0) is 28.7. The van der Waals surface area contributed by atoms with Crippen molar-refractivity contribution in [1.82, 2.24) is 0 Å². The van der Waals surface area contributed by atoms with E-state index in [1.807, 2.05) is 0 Å². The Balaban J connectivity index is 1.55. The van der Waals surface area contributed by atoms with Crippen molar-refractivity contribution >= 4 is 21.6 Å². The molecule has 206 valence electrons. The van der Waals surface area contributed by atoms with Crippen LogP contribution in [0.15, 0.2) is 102 Å². The molecule has 5 nitrogen and oxygen atoms in total. The number of fused-ring (bicyclic) bond motifs is 1. The predicted molar refractivity (Wildman–Crippen MR) is 143 cm³/mol. The first-order valence-corrected chi connectivity index (χ1v) is 13.8. The first-order chi connectivity index (χ1) is 18.9. The standard InChI is InChI=1S/C30H24F4N2O3S/c31-26-10-3-1-6-21(26)16-17-29(28(35)37)19-23-7-2-4-11-27(23)36(29)40(38,39)25-14-12-20(13-15-25)22-8-5-9-24(18-22)30(32,33)34/h1-15,18H,16-17,19H2,(H2,35,37)/t29-/m0/s1. The number of hydrogen-bond donors (Lipinski definition) is 1. The molecular formula is C30H24F4N2O3S. The maximum atomic E-state index is 14.4. The minimum absolute atomic E-state index is 0.00844. The van der Waals surface area contributed by atoms with Crippen LogP contribution in [-0.4, -0.2) is 19.9 Å². The van der Waals surface area contributed by atoms with Crippen molar-refractivity contribution in [2.45, 2.75) is 35.9 Å². The number of aryl methyl sites for hydroxylation is 1. The van der Waals surface area contributed by atoms with Gasteiger partial charge in [-0.2, -0.15) is 13.2 Å². The second-order valence-corrected chi connectivity index (χ2v) is 11.5. The molecule has 5 rings (SSSR count). The molecule has 0 radical (unpaired) electrons. The number of para-hydroxylation sites is 1. The molecule has 4 aromatic rings. The number of hydrogen-bond acceptors (Lipinski definition) is 3. The summed E-state index contributed by atoms with van der Waals surface area (Å²) in [5.74, 6) is -1.35. The molecule has 1 atom stereocenters. The van der Waals surface area contributed by atoms with Crippen LogP contribution in [0, 0.1) is 5.82 Å². The second kappa shape index (κ2) is 10.1. The molecule has 2 N–H and O–H groups in total. The zero-order valence-electron chi connectivity index (χ0n) is 21.0. The number of nitrogens with zero attached hydrogens (tertiary/aromatic N) is 1. The summed E-state index contributed by atoms with van der Waals surface area (Å²) in [5, 5.41) is 0. The molecule has 0 aromatic heterocycles. The summed E-state index contributed by atoms with van der Waals surface area (Å²) in [5.41, 5.74) is 5.23. The third-order valence-electron chi connectivity index (χ3n) is 7.22. The van der Waals surface area contributed by atoms with E-state index in [2.05, 4.69) is 0 Å². The van der Waals surface area contributed by atoms with E-state index in [1.54, 1.807) is 36.4 Å². The predicted octanol–water partition coefficient (Wildman–Crippen LogP) is 6.12. The summed E-state index contributed by atoms with van der Waals surface area (Å²) in [6, 6.07) is 22.8. The van der Waals surface area contributed by atoms with Crippen LogP contribution >= 0.6 is 0 Å². The molecule has 0 unspecified atom stereocenters. The van der Waals surface area contributed by atoms with E-state index in [9.17, 15) is 30.8 Å². The number of anilines is 1. The molecule has 40 heavy (non-hydrogen) atoms. The van der Waals surface area contributed by atoms with Crippen LogP contribution in [0.1, 0.15) is 23.1 Å². The highest BCUT2D eigenvalue weighted by atomic mass is 32.2. The van der Waals surface area contributed by atoms with Crippen molar-refractivity contribution in [2.75, 3.05) is 4.31 Å². The number of alkyl halides is 3. The van der Waals surface area contributed by atoms with Crippen LogP contribution in [-0.2, 0) is 33.8 Å². The highest BCUT2D eigenvalue weighted by molar-refractivity contribution is 7.93. The molecular weight excluding hydrogens is 544 g/mol. The fourth-order valence-corrected chi connectivity index (χ4v) is 7.01. The summed E-state index contributed by atoms with van der Waals surface area (Å²) in [6.07, 6.45) is -4.53. The van der Waals surface area contributed by atoms with Gasteiger partial charge in [0.1, 0.15) is 11.4 Å². The van der Waals surface area contributed by atoms with E-state index >= 15 is 0 Å². The summed E-state index contributed by atoms with van der Waals surface area (Å²) in [4.78, 5) is 12.9. The number of primary amides is 1. The Morgan fingerprint density at radius 3 is 2.23 bits per heavy atom. The van der Waals surface area contributed by atoms with Crippen molar-refractivity contribution in [3.05, 3.63) is 120 Å². The number of rotatable bonds is 7. The maximum Gasteiger partial charge on any atom is 0.416 e. The van der Waals surface area contributed by atoms with Gasteiger partial charge in [-0.25, -0.2) is 12.8 Å². The lowest BCUT2D eigenvalue weighted by atomic mass is 9.87. The van der Waals surface area contributed by atoms with Crippen LogP contribution < -0.4 is 10.0 Å². The van der Waals surface area contributed by atoms with Gasteiger partial charge in [-0.3, -0.25) is 9.10 Å². The molecule has 0 aliphatic carbocycles. The van der Waals surface area contributed by atoms with Gasteiger partial charge in [0.25, 0.3) is 10.0 Å². The minimum atomic E-state index is -4.52. The van der Waals surface area contributed by atoms with Gasteiger partial charge in [-0.1, -0.05) is 60.7 Å². The van der Waals surface area contributed by atoms with Crippen LogP contribution in [0.2, 0.25) is 0 Å². The van der Waals surface area contributed by atoms with Crippen molar-refractivity contribution in [3.8, 4) is 11.1 Å². The third kappa shape index (κ3) is 4.83. The zero-order valence-corrected chi connectivity index (χ0v) is 21.8. The highest BCUT2D eigenvalue weighted by Crippen LogP contribution is 2.45. The van der Waals surface area contributed by atoms with Crippen molar-refractivity contribution in [2.24, 2.45) is 5.73 Å². The number of halogens is 4. The summed E-state index contributed by atoms with van der Waals surface area (Å²) in [6.45, 7) is 0. The Morgan fingerprint density at radius 2 is 1.55 bits per heavy atom. The van der Waals surface area contributed by atoms with Crippen molar-refractivity contribution < 1.29 is 30.8 Å². The van der Waals surface area contributed by atoms with Gasteiger partial charge in [0.2, 0.25) is 5.91 Å². The van der Waals surface area contributed by atoms with Crippen LogP contribution in [0.5, 0.6) is 0 Å². The lowest BCUT2D eigenvalue weighted by Gasteiger charge is -2.37. The number of sulfonamides is 1. The van der Waals surface area contributed by atoms with Crippen molar-refractivity contribution in [3.63, 3.8) is 0 Å². The molecule has 0 fully saturated rings. The van der Waals surface area contributed by atoms with E-state index < -0.39 is 39.0 Å². The van der Waals surface area contributed by atoms with Gasteiger partial charge in [0.15, 0.2) is 0 Å². The average Bonchev–Trinajstić information content (AvgIpc) is 3.29. The van der Waals surface area contributed by atoms with Crippen LogP contribution in [0.25, 0.3) is 11.1 Å². The average molecular weight is 569 g/mol. The topological polar surface area (TPSA) is 80.5 Å². The quantitative estimate of drug-likeness (QED) is 0.273. The summed E-state index contributed by atoms with van der Waals surface area (Å²) in [7, 11) is -4.39. The molecule has 0 saturated heterocycles. The Morgan fingerprint density at radius 1 is 0.875 bits per heavy atom. The van der Waals surface area contributed by atoms with Crippen LogP contribution in [0.4, 0.5) is 23.2 Å². The Kier molecular flexibility index (Phi) is 6.91. The fourth-order valence-electron chi connectivity index (χ4n) is 5.18. The van der Waals surface area contributed by atoms with E-state index in [0.717, 1.165) is 16.4 Å². The number of carbonyl (C=O) groups is 1. The largest absolute Gasteiger partial charge is 0.416 e. The van der Waals surface area contributed by atoms with Gasteiger partial charge in [-0.15, -0.1) is 0 Å². The number of amides is 1. The molecule has 4 aromatic carbocycles. The monoisotopic (exact) mass is 568 g/mol. The Bertz CT molecular complexity index is 1690. The van der Waals surface area contributed by atoms with E-state index in [0.29, 0.717) is 16.7 Å². The van der Waals surface area contributed by atoms with Crippen LogP contribution in [0.3, 0.4) is 0 Å². The van der Waals surface area contributed by atoms with Crippen molar-refractivity contribution in [1.29, 1.82) is 0 Å². The molecule has 1 amide bonds. The van der Waals surface area contributed by atoms with Gasteiger partial charge in [-0.05, 0) is 71.5 Å². The fraction of sp³-hybridized carbons (Fsp3) is 0.167. The van der Waals surface area contributed by atoms with Gasteiger partial charge < -0.3 is 5.73 Å². The molecule has 0 spiro atoms. The molecule has 1 aliphatic rings. The molecule has 10 heteroatoms. The smallest absolute Gasteiger partial charge is 0.368 e. The normalized spacial score (nSPS) is 17.1. The number of benzene rings is 4. The first kappa shape index (κ1) is 27.4. The van der Waals surface area contributed by atoms with E-state index in [-0.39, 0.29) is 35.4 Å². The maximum absolute atomic E-state index is 14.4. The number of nitrogens with two attached hydrogens (primary N) is 1. The third-order valence-corrected chi connectivity index (χ3v) is 9.12. The van der Waals surface area contributed by atoms with Gasteiger partial charge >= 0.3 is 6.18 Å². The van der Waals surface area contributed by atoms with Gasteiger partial charge in [0.05, 0.1) is 16.1 Å². The Labute approximate surface area is 228 Å². The lowest BCUT2D eigenvalue weighted by Crippen LogP contribution is -2.58. The van der Waals surface area contributed by atoms with Gasteiger partial charge in [0, 0.05) is 6.42 Å². The SMILES string of the molecule is NC(=O)[C@]1(CCc2ccccc2F)Cc2ccccc2N1S(=O)(=O)c1ccc(-c2cccc(C(F)(F)F)c2)cc1. The molecule has 1 aliphatic heterocycles. The molecule has 1 heterocycles. The summed E-state index contributed by atoms with van der Waals surface area (Å²) < 4.78 is 83.2. The first-order valence-electron chi connectivity index (χ1n) is 12.4. The Hall–Kier alpha value is -4.18. The lowest BCUT2D eigenvalue weighted by molar-refractivity contribution is -0.137.